The lowest BCUT2D eigenvalue weighted by atomic mass is 9.85. The Hall–Kier alpha value is -3.35. The van der Waals surface area contributed by atoms with Gasteiger partial charge in [-0.05, 0) is 73.1 Å². The zero-order valence-electron chi connectivity index (χ0n) is 23.3. The van der Waals surface area contributed by atoms with E-state index in [4.69, 9.17) is 16.3 Å². The number of carbonyl (C=O) groups is 2. The molecule has 0 amide bonds. The van der Waals surface area contributed by atoms with E-state index in [-0.39, 0.29) is 35.7 Å². The molecule has 212 valence electrons. The van der Waals surface area contributed by atoms with Crippen molar-refractivity contribution in [1.29, 1.82) is 0 Å². The predicted octanol–water partition coefficient (Wildman–Crippen LogP) is 8.17. The summed E-state index contributed by atoms with van der Waals surface area (Å²) in [6.07, 6.45) is 7.61. The van der Waals surface area contributed by atoms with Crippen LogP contribution in [0.3, 0.4) is 0 Å². The molecule has 4 nitrogen and oxygen atoms in total. The Kier molecular flexibility index (Phi) is 11.8. The van der Waals surface area contributed by atoms with Crippen LogP contribution in [-0.2, 0) is 14.3 Å². The Morgan fingerprint density at radius 1 is 0.927 bits per heavy atom. The van der Waals surface area contributed by atoms with Crippen molar-refractivity contribution >= 4 is 52.9 Å². The molecule has 0 radical (unpaired) electrons. The lowest BCUT2D eigenvalue weighted by Gasteiger charge is -2.22. The molecule has 7 heteroatoms. The molecule has 0 bridgehead atoms. The quantitative estimate of drug-likeness (QED) is 0.157. The third-order valence-electron chi connectivity index (χ3n) is 6.58. The number of nitrogens with zero attached hydrogens (tertiary/aromatic N) is 1. The normalized spacial score (nSPS) is 15.4. The number of rotatable bonds is 7. The molecule has 1 atom stereocenters. The number of benzene rings is 3. The summed E-state index contributed by atoms with van der Waals surface area (Å²) in [6, 6.07) is 24.3. The van der Waals surface area contributed by atoms with E-state index >= 15 is 0 Å². The topological polar surface area (TPSA) is 46.6 Å². The molecule has 0 aromatic heterocycles. The van der Waals surface area contributed by atoms with Gasteiger partial charge in [-0.1, -0.05) is 84.0 Å². The summed E-state index contributed by atoms with van der Waals surface area (Å²) in [6.45, 7) is 4.81. The van der Waals surface area contributed by atoms with Gasteiger partial charge < -0.3 is 9.64 Å². The number of halogens is 2. The summed E-state index contributed by atoms with van der Waals surface area (Å²) >= 11 is 8.03. The molecular formula is C34H33Cl2NO3S. The van der Waals surface area contributed by atoms with E-state index in [1.807, 2.05) is 48.2 Å². The SMILES string of the molecule is C=CC(C1=CC(=O)C(OC)=CC1=O)c1ccccc1.CN(C)CCC=C1c2ccccc2Sc2ccc(Cl)cc21.Cl. The fourth-order valence-electron chi connectivity index (χ4n) is 4.59. The van der Waals surface area contributed by atoms with Crippen molar-refractivity contribution in [2.24, 2.45) is 0 Å². The molecule has 5 rings (SSSR count). The monoisotopic (exact) mass is 605 g/mol. The van der Waals surface area contributed by atoms with E-state index in [2.05, 4.69) is 68.0 Å². The highest BCUT2D eigenvalue weighted by molar-refractivity contribution is 7.99. The fourth-order valence-corrected chi connectivity index (χ4v) is 5.85. The number of carbonyl (C=O) groups excluding carboxylic acids is 2. The lowest BCUT2D eigenvalue weighted by molar-refractivity contribution is -0.117. The smallest absolute Gasteiger partial charge is 0.220 e. The van der Waals surface area contributed by atoms with E-state index in [0.717, 1.165) is 23.6 Å². The Morgan fingerprint density at radius 3 is 2.29 bits per heavy atom. The highest BCUT2D eigenvalue weighted by atomic mass is 35.5. The molecule has 1 unspecified atom stereocenters. The third kappa shape index (κ3) is 7.90. The molecule has 0 N–H and O–H groups in total. The summed E-state index contributed by atoms with van der Waals surface area (Å²) in [5.74, 6) is -0.720. The highest BCUT2D eigenvalue weighted by Gasteiger charge is 2.26. The van der Waals surface area contributed by atoms with Crippen LogP contribution in [0.1, 0.15) is 29.0 Å². The molecule has 2 aliphatic rings. The van der Waals surface area contributed by atoms with Crippen LogP contribution in [0, 0.1) is 0 Å². The second-order valence-corrected chi connectivity index (χ2v) is 11.1. The standard InChI is InChI=1S/C18H18ClNS.C16H14O3.ClH/c1-20(2)11-5-7-14-15-6-3-4-8-17(15)21-18-10-9-13(19)12-16(14)18;1-3-12(11-7-5-4-6-8-11)13-9-15(18)16(19-2)10-14(13)17;/h3-4,6-10,12H,5,11H2,1-2H3;3-10,12H,1H2,2H3;1H. The Morgan fingerprint density at radius 2 is 1.61 bits per heavy atom. The van der Waals surface area contributed by atoms with Gasteiger partial charge in [0.25, 0.3) is 0 Å². The first-order valence-electron chi connectivity index (χ1n) is 13.0. The molecular weight excluding hydrogens is 573 g/mol. The van der Waals surface area contributed by atoms with Gasteiger partial charge in [0.2, 0.25) is 5.78 Å². The van der Waals surface area contributed by atoms with Gasteiger partial charge in [0.1, 0.15) is 0 Å². The molecule has 3 aromatic carbocycles. The van der Waals surface area contributed by atoms with Crippen LogP contribution in [0.25, 0.3) is 5.57 Å². The number of ether oxygens (including phenoxy) is 1. The van der Waals surface area contributed by atoms with Gasteiger partial charge in [-0.3, -0.25) is 9.59 Å². The molecule has 0 saturated heterocycles. The number of hydrogen-bond acceptors (Lipinski definition) is 5. The summed E-state index contributed by atoms with van der Waals surface area (Å²) in [5.41, 5.74) is 5.23. The molecule has 0 saturated carbocycles. The van der Waals surface area contributed by atoms with Gasteiger partial charge >= 0.3 is 0 Å². The van der Waals surface area contributed by atoms with Crippen LogP contribution in [0.5, 0.6) is 0 Å². The maximum atomic E-state index is 12.1. The van der Waals surface area contributed by atoms with Gasteiger partial charge in [0.15, 0.2) is 11.5 Å². The van der Waals surface area contributed by atoms with E-state index in [0.29, 0.717) is 5.57 Å². The second-order valence-electron chi connectivity index (χ2n) is 9.61. The van der Waals surface area contributed by atoms with Gasteiger partial charge in [0, 0.05) is 38.9 Å². The van der Waals surface area contributed by atoms with Crippen molar-refractivity contribution in [1.82, 2.24) is 4.90 Å². The third-order valence-corrected chi connectivity index (χ3v) is 7.97. The Labute approximate surface area is 257 Å². The zero-order chi connectivity index (χ0) is 28.6. The molecule has 41 heavy (non-hydrogen) atoms. The van der Waals surface area contributed by atoms with Crippen molar-refractivity contribution < 1.29 is 14.3 Å². The van der Waals surface area contributed by atoms with Crippen LogP contribution < -0.4 is 0 Å². The molecule has 1 heterocycles. The van der Waals surface area contributed by atoms with Crippen molar-refractivity contribution in [3.8, 4) is 0 Å². The minimum absolute atomic E-state index is 0. The van der Waals surface area contributed by atoms with E-state index in [1.165, 1.54) is 45.8 Å². The minimum atomic E-state index is -0.292. The van der Waals surface area contributed by atoms with E-state index < -0.39 is 0 Å². The van der Waals surface area contributed by atoms with Gasteiger partial charge in [-0.15, -0.1) is 19.0 Å². The molecule has 0 spiro atoms. The average Bonchev–Trinajstić information content (AvgIpc) is 2.95. The average molecular weight is 607 g/mol. The van der Waals surface area contributed by atoms with Crippen LogP contribution in [0.15, 0.2) is 125 Å². The van der Waals surface area contributed by atoms with Gasteiger partial charge in [-0.2, -0.15) is 0 Å². The number of allylic oxidation sites excluding steroid dienone is 4. The van der Waals surface area contributed by atoms with Crippen LogP contribution in [0.2, 0.25) is 5.02 Å². The maximum absolute atomic E-state index is 12.1. The number of fused-ring (bicyclic) bond motifs is 2. The predicted molar refractivity (Wildman–Crippen MR) is 172 cm³/mol. The first-order valence-corrected chi connectivity index (χ1v) is 14.2. The minimum Gasteiger partial charge on any atom is -0.493 e. The summed E-state index contributed by atoms with van der Waals surface area (Å²) in [7, 11) is 5.58. The van der Waals surface area contributed by atoms with Gasteiger partial charge in [0.05, 0.1) is 7.11 Å². The maximum Gasteiger partial charge on any atom is 0.220 e. The first-order chi connectivity index (χ1) is 19.3. The Bertz CT molecular complexity index is 1510. The summed E-state index contributed by atoms with van der Waals surface area (Å²) in [4.78, 5) is 28.7. The van der Waals surface area contributed by atoms with E-state index in [9.17, 15) is 9.59 Å². The van der Waals surface area contributed by atoms with Crippen molar-refractivity contribution in [3.63, 3.8) is 0 Å². The Balaban J connectivity index is 0.000000221. The van der Waals surface area contributed by atoms with Gasteiger partial charge in [-0.25, -0.2) is 0 Å². The summed E-state index contributed by atoms with van der Waals surface area (Å²) < 4.78 is 4.86. The molecule has 1 aliphatic heterocycles. The summed E-state index contributed by atoms with van der Waals surface area (Å²) in [5, 5.41) is 0.798. The highest BCUT2D eigenvalue weighted by Crippen LogP contribution is 2.46. The molecule has 0 fully saturated rings. The van der Waals surface area contributed by atoms with Crippen LogP contribution in [0.4, 0.5) is 0 Å². The number of hydrogen-bond donors (Lipinski definition) is 0. The fraction of sp³-hybridized carbons (Fsp3) is 0.176. The lowest BCUT2D eigenvalue weighted by Crippen LogP contribution is -2.18. The molecule has 1 aliphatic carbocycles. The van der Waals surface area contributed by atoms with E-state index in [1.54, 1.807) is 6.08 Å². The number of methoxy groups -OCH3 is 1. The van der Waals surface area contributed by atoms with Crippen molar-refractivity contribution in [2.45, 2.75) is 22.1 Å². The van der Waals surface area contributed by atoms with Crippen LogP contribution >= 0.6 is 35.8 Å². The second kappa shape index (κ2) is 15.0. The van der Waals surface area contributed by atoms with Crippen molar-refractivity contribution in [3.05, 3.63) is 137 Å². The largest absolute Gasteiger partial charge is 0.493 e. The number of ketones is 2. The first kappa shape index (κ1) is 32.2. The van der Waals surface area contributed by atoms with Crippen molar-refractivity contribution in [2.75, 3.05) is 27.7 Å². The van der Waals surface area contributed by atoms with Crippen LogP contribution in [-0.4, -0.2) is 44.2 Å². The molecule has 3 aromatic rings. The zero-order valence-corrected chi connectivity index (χ0v) is 25.7.